The zero-order chi connectivity index (χ0) is 14.8. The third-order valence-corrected chi connectivity index (χ3v) is 3.93. The fraction of sp³-hybridized carbons (Fsp3) is 0.412. The summed E-state index contributed by atoms with van der Waals surface area (Å²) in [7, 11) is 0. The van der Waals surface area contributed by atoms with Crippen molar-refractivity contribution in [1.82, 2.24) is 0 Å². The Morgan fingerprint density at radius 1 is 1.24 bits per heavy atom. The van der Waals surface area contributed by atoms with Crippen LogP contribution in [0.3, 0.4) is 0 Å². The Hall–Kier alpha value is -1.94. The van der Waals surface area contributed by atoms with Crippen molar-refractivity contribution in [3.63, 3.8) is 0 Å². The summed E-state index contributed by atoms with van der Waals surface area (Å²) in [5.74, 6) is 0.407. The number of hydrogen-bond donors (Lipinski definition) is 0. The minimum absolute atomic E-state index is 0.201. The van der Waals surface area contributed by atoms with Crippen molar-refractivity contribution in [1.29, 1.82) is 0 Å². The SMILES string of the molecule is Cc1ccc(C)c(/C=C2/N=C(C3CCOCC3)OC2=O)c1. The van der Waals surface area contributed by atoms with Gasteiger partial charge in [-0.05, 0) is 43.9 Å². The second-order valence-corrected chi connectivity index (χ2v) is 5.62. The van der Waals surface area contributed by atoms with Crippen LogP contribution in [0.1, 0.15) is 29.5 Å². The normalized spacial score (nSPS) is 21.5. The first-order valence-corrected chi connectivity index (χ1v) is 7.31. The molecule has 3 rings (SSSR count). The van der Waals surface area contributed by atoms with Gasteiger partial charge in [0.2, 0.25) is 5.90 Å². The van der Waals surface area contributed by atoms with Gasteiger partial charge in [0.25, 0.3) is 0 Å². The first-order chi connectivity index (χ1) is 10.1. The van der Waals surface area contributed by atoms with Gasteiger partial charge in [-0.3, -0.25) is 0 Å². The molecule has 0 bridgehead atoms. The van der Waals surface area contributed by atoms with Gasteiger partial charge in [0.1, 0.15) is 0 Å². The average molecular weight is 285 g/mol. The zero-order valence-corrected chi connectivity index (χ0v) is 12.4. The van der Waals surface area contributed by atoms with Gasteiger partial charge in [-0.15, -0.1) is 0 Å². The number of aliphatic imine (C=N–C) groups is 1. The van der Waals surface area contributed by atoms with Crippen LogP contribution in [0, 0.1) is 19.8 Å². The lowest BCUT2D eigenvalue weighted by molar-refractivity contribution is -0.130. The molecular weight excluding hydrogens is 266 g/mol. The van der Waals surface area contributed by atoms with Gasteiger partial charge in [0, 0.05) is 19.1 Å². The van der Waals surface area contributed by atoms with Crippen molar-refractivity contribution < 1.29 is 14.3 Å². The molecule has 0 spiro atoms. The summed E-state index contributed by atoms with van der Waals surface area (Å²) < 4.78 is 10.7. The molecule has 0 unspecified atom stereocenters. The van der Waals surface area contributed by atoms with E-state index in [0.717, 1.165) is 29.5 Å². The molecule has 0 N–H and O–H groups in total. The molecule has 0 amide bonds. The van der Waals surface area contributed by atoms with Crippen LogP contribution in [0.25, 0.3) is 6.08 Å². The molecule has 1 aromatic rings. The minimum atomic E-state index is -0.350. The minimum Gasteiger partial charge on any atom is -0.406 e. The summed E-state index contributed by atoms with van der Waals surface area (Å²) in [6.07, 6.45) is 3.54. The molecule has 1 aromatic carbocycles. The van der Waals surface area contributed by atoms with Crippen LogP contribution in [-0.4, -0.2) is 25.1 Å². The molecule has 2 aliphatic heterocycles. The third-order valence-electron chi connectivity index (χ3n) is 3.93. The Morgan fingerprint density at radius 3 is 2.76 bits per heavy atom. The van der Waals surface area contributed by atoms with Crippen molar-refractivity contribution in [2.45, 2.75) is 26.7 Å². The molecule has 4 nitrogen and oxygen atoms in total. The number of ether oxygens (including phenoxy) is 2. The van der Waals surface area contributed by atoms with Gasteiger partial charge in [-0.2, -0.15) is 0 Å². The van der Waals surface area contributed by atoms with Gasteiger partial charge in [0.05, 0.1) is 0 Å². The van der Waals surface area contributed by atoms with Crippen molar-refractivity contribution in [3.05, 3.63) is 40.6 Å². The van der Waals surface area contributed by atoms with Crippen molar-refractivity contribution in [2.75, 3.05) is 13.2 Å². The van der Waals surface area contributed by atoms with E-state index in [-0.39, 0.29) is 11.9 Å². The number of rotatable bonds is 2. The van der Waals surface area contributed by atoms with Gasteiger partial charge < -0.3 is 9.47 Å². The summed E-state index contributed by atoms with van der Waals surface area (Å²) >= 11 is 0. The fourth-order valence-corrected chi connectivity index (χ4v) is 2.61. The summed E-state index contributed by atoms with van der Waals surface area (Å²) in [6, 6.07) is 6.16. The Morgan fingerprint density at radius 2 is 2.00 bits per heavy atom. The molecular formula is C17H19NO3. The van der Waals surface area contributed by atoms with Gasteiger partial charge >= 0.3 is 5.97 Å². The lowest BCUT2D eigenvalue weighted by Gasteiger charge is -2.20. The molecule has 0 radical (unpaired) electrons. The predicted molar refractivity (Wildman–Crippen MR) is 81.0 cm³/mol. The van der Waals surface area contributed by atoms with E-state index in [4.69, 9.17) is 9.47 Å². The van der Waals surface area contributed by atoms with Gasteiger partial charge in [0.15, 0.2) is 5.70 Å². The Kier molecular flexibility index (Phi) is 3.88. The number of esters is 1. The summed E-state index contributed by atoms with van der Waals surface area (Å²) in [5, 5.41) is 0. The van der Waals surface area contributed by atoms with Crippen LogP contribution in [0.4, 0.5) is 0 Å². The number of aryl methyl sites for hydroxylation is 2. The smallest absolute Gasteiger partial charge is 0.363 e. The van der Waals surface area contributed by atoms with Crippen molar-refractivity contribution >= 4 is 17.9 Å². The molecule has 1 saturated heterocycles. The highest BCUT2D eigenvalue weighted by atomic mass is 16.6. The average Bonchev–Trinajstić information content (AvgIpc) is 2.85. The quantitative estimate of drug-likeness (QED) is 0.620. The first kappa shape index (κ1) is 14.0. The van der Waals surface area contributed by atoms with Gasteiger partial charge in [-0.1, -0.05) is 23.8 Å². The number of hydrogen-bond acceptors (Lipinski definition) is 4. The monoisotopic (exact) mass is 285 g/mol. The summed E-state index contributed by atoms with van der Waals surface area (Å²) in [6.45, 7) is 5.47. The summed E-state index contributed by atoms with van der Waals surface area (Å²) in [4.78, 5) is 16.4. The maximum Gasteiger partial charge on any atom is 0.363 e. The van der Waals surface area contributed by atoms with Crippen molar-refractivity contribution in [2.24, 2.45) is 10.9 Å². The maximum absolute atomic E-state index is 12.0. The maximum atomic E-state index is 12.0. The molecule has 2 aliphatic rings. The molecule has 0 aliphatic carbocycles. The molecule has 2 heterocycles. The lowest BCUT2D eigenvalue weighted by atomic mass is 10.0. The summed E-state index contributed by atoms with van der Waals surface area (Å²) in [5.41, 5.74) is 3.69. The number of benzene rings is 1. The first-order valence-electron chi connectivity index (χ1n) is 7.31. The van der Waals surface area contributed by atoms with E-state index >= 15 is 0 Å². The topological polar surface area (TPSA) is 47.9 Å². The van der Waals surface area contributed by atoms with E-state index in [2.05, 4.69) is 17.1 Å². The molecule has 4 heteroatoms. The predicted octanol–water partition coefficient (Wildman–Crippen LogP) is 3.03. The van der Waals surface area contributed by atoms with Crippen LogP contribution >= 0.6 is 0 Å². The number of carbonyl (C=O) groups excluding carboxylic acids is 1. The second kappa shape index (κ2) is 5.82. The number of carbonyl (C=O) groups is 1. The Bertz CT molecular complexity index is 625. The Balaban J connectivity index is 1.87. The van der Waals surface area contributed by atoms with Crippen LogP contribution in [0.2, 0.25) is 0 Å². The van der Waals surface area contributed by atoms with Crippen LogP contribution in [0.5, 0.6) is 0 Å². The van der Waals surface area contributed by atoms with E-state index < -0.39 is 0 Å². The standard InChI is InChI=1S/C17H19NO3/c1-11-3-4-12(2)14(9-11)10-15-17(19)21-16(18-15)13-5-7-20-8-6-13/h3-4,9-10,13H,5-8H2,1-2H3/b15-10+. The second-order valence-electron chi connectivity index (χ2n) is 5.62. The Labute approximate surface area is 124 Å². The molecule has 0 atom stereocenters. The number of cyclic esters (lactones) is 1. The lowest BCUT2D eigenvalue weighted by Crippen LogP contribution is -2.24. The fourth-order valence-electron chi connectivity index (χ4n) is 2.61. The van der Waals surface area contributed by atoms with E-state index in [0.29, 0.717) is 24.8 Å². The van der Waals surface area contributed by atoms with Crippen LogP contribution < -0.4 is 0 Å². The molecule has 110 valence electrons. The van der Waals surface area contributed by atoms with E-state index in [9.17, 15) is 4.79 Å². The molecule has 21 heavy (non-hydrogen) atoms. The highest BCUT2D eigenvalue weighted by Crippen LogP contribution is 2.25. The van der Waals surface area contributed by atoms with Crippen LogP contribution in [0.15, 0.2) is 28.9 Å². The zero-order valence-electron chi connectivity index (χ0n) is 12.4. The largest absolute Gasteiger partial charge is 0.406 e. The highest BCUT2D eigenvalue weighted by Gasteiger charge is 2.30. The van der Waals surface area contributed by atoms with Crippen molar-refractivity contribution in [3.8, 4) is 0 Å². The van der Waals surface area contributed by atoms with Crippen LogP contribution in [-0.2, 0) is 14.3 Å². The van der Waals surface area contributed by atoms with E-state index in [1.54, 1.807) is 0 Å². The molecule has 0 aromatic heterocycles. The molecule has 0 saturated carbocycles. The molecule has 1 fully saturated rings. The third kappa shape index (κ3) is 3.05. The van der Waals surface area contributed by atoms with Gasteiger partial charge in [-0.25, -0.2) is 9.79 Å². The van der Waals surface area contributed by atoms with E-state index in [1.807, 2.05) is 26.0 Å². The van der Waals surface area contributed by atoms with E-state index in [1.165, 1.54) is 0 Å². The highest BCUT2D eigenvalue weighted by molar-refractivity contribution is 6.07. The number of nitrogens with zero attached hydrogens (tertiary/aromatic N) is 1.